The van der Waals surface area contributed by atoms with Crippen LogP contribution in [0.2, 0.25) is 0 Å². The van der Waals surface area contributed by atoms with Crippen LogP contribution in [-0.4, -0.2) is 23.0 Å². The molecular weight excluding hydrogens is 219 g/mol. The van der Waals surface area contributed by atoms with Crippen LogP contribution in [0.15, 0.2) is 0 Å². The second-order valence-corrected chi connectivity index (χ2v) is 5.19. The summed E-state index contributed by atoms with van der Waals surface area (Å²) < 4.78 is 0. The molecule has 0 fully saturated rings. The van der Waals surface area contributed by atoms with E-state index in [0.29, 0.717) is 11.8 Å². The summed E-state index contributed by atoms with van der Waals surface area (Å²) in [5.41, 5.74) is 0. The van der Waals surface area contributed by atoms with Gasteiger partial charge in [-0.3, -0.25) is 0 Å². The standard InChI is InChI=1S/C6H13Cl.C5H11ClO/c1-5(2)6(3)4-7;1-4(2)5(6)3-7/h5-6H,4H2,1-3H3;4-5,7H,3H2,1-2H3. The Bertz CT molecular complexity index is 102. The molecule has 2 atom stereocenters. The summed E-state index contributed by atoms with van der Waals surface area (Å²) in [4.78, 5) is 0. The van der Waals surface area contributed by atoms with E-state index in [0.717, 1.165) is 11.8 Å². The fraction of sp³-hybridized carbons (Fsp3) is 1.00. The average Bonchev–Trinajstić information content (AvgIpc) is 2.15. The summed E-state index contributed by atoms with van der Waals surface area (Å²) in [6, 6.07) is 0. The van der Waals surface area contributed by atoms with Crippen molar-refractivity contribution in [2.24, 2.45) is 17.8 Å². The van der Waals surface area contributed by atoms with Gasteiger partial charge in [0.2, 0.25) is 0 Å². The molecule has 0 rings (SSSR count). The first kappa shape index (κ1) is 17.0. The molecule has 0 aromatic rings. The number of alkyl halides is 2. The van der Waals surface area contributed by atoms with E-state index in [4.69, 9.17) is 28.3 Å². The van der Waals surface area contributed by atoms with Gasteiger partial charge in [0.1, 0.15) is 0 Å². The van der Waals surface area contributed by atoms with Crippen LogP contribution in [0.25, 0.3) is 0 Å². The lowest BCUT2D eigenvalue weighted by Gasteiger charge is -2.09. The normalized spacial score (nSPS) is 15.0. The van der Waals surface area contributed by atoms with Gasteiger partial charge >= 0.3 is 0 Å². The highest BCUT2D eigenvalue weighted by molar-refractivity contribution is 6.20. The molecule has 0 aliphatic carbocycles. The van der Waals surface area contributed by atoms with Crippen molar-refractivity contribution in [1.82, 2.24) is 0 Å². The van der Waals surface area contributed by atoms with Crippen LogP contribution in [0, 0.1) is 17.8 Å². The van der Waals surface area contributed by atoms with Crippen molar-refractivity contribution >= 4 is 23.2 Å². The summed E-state index contributed by atoms with van der Waals surface area (Å²) in [5.74, 6) is 2.57. The molecule has 0 aromatic carbocycles. The lowest BCUT2D eigenvalue weighted by molar-refractivity contribution is 0.272. The Hall–Kier alpha value is 0.540. The van der Waals surface area contributed by atoms with Gasteiger partial charge in [0.25, 0.3) is 0 Å². The molecule has 0 heterocycles. The van der Waals surface area contributed by atoms with Gasteiger partial charge in [-0.2, -0.15) is 0 Å². The third kappa shape index (κ3) is 10.6. The SMILES string of the molecule is CC(C)C(C)CCl.CC(C)C(Cl)CO. The van der Waals surface area contributed by atoms with E-state index < -0.39 is 0 Å². The summed E-state index contributed by atoms with van der Waals surface area (Å²) in [6.45, 7) is 10.6. The smallest absolute Gasteiger partial charge is 0.0597 e. The van der Waals surface area contributed by atoms with E-state index in [9.17, 15) is 0 Å². The number of aliphatic hydroxyl groups is 1. The number of aliphatic hydroxyl groups excluding tert-OH is 1. The molecule has 0 bridgehead atoms. The first-order valence-electron chi connectivity index (χ1n) is 5.17. The highest BCUT2D eigenvalue weighted by Crippen LogP contribution is 2.09. The molecule has 0 amide bonds. The van der Waals surface area contributed by atoms with Crippen LogP contribution in [-0.2, 0) is 0 Å². The van der Waals surface area contributed by atoms with Crippen molar-refractivity contribution in [3.05, 3.63) is 0 Å². The van der Waals surface area contributed by atoms with Crippen LogP contribution in [0.5, 0.6) is 0 Å². The Labute approximate surface area is 98.8 Å². The van der Waals surface area contributed by atoms with E-state index in [1.165, 1.54) is 0 Å². The average molecular weight is 243 g/mol. The van der Waals surface area contributed by atoms with Gasteiger partial charge < -0.3 is 5.11 Å². The number of rotatable bonds is 4. The van der Waals surface area contributed by atoms with Crippen molar-refractivity contribution < 1.29 is 5.11 Å². The summed E-state index contributed by atoms with van der Waals surface area (Å²) >= 11 is 11.1. The molecule has 0 spiro atoms. The first-order chi connectivity index (χ1) is 6.36. The number of hydrogen-bond donors (Lipinski definition) is 1. The minimum Gasteiger partial charge on any atom is -0.395 e. The van der Waals surface area contributed by atoms with E-state index in [1.54, 1.807) is 0 Å². The highest BCUT2D eigenvalue weighted by atomic mass is 35.5. The third-order valence-electron chi connectivity index (χ3n) is 2.28. The van der Waals surface area contributed by atoms with Gasteiger partial charge in [0.15, 0.2) is 0 Å². The van der Waals surface area contributed by atoms with Crippen molar-refractivity contribution in [3.8, 4) is 0 Å². The summed E-state index contributed by atoms with van der Waals surface area (Å²) in [6.07, 6.45) is 0. The third-order valence-corrected chi connectivity index (χ3v) is 3.41. The van der Waals surface area contributed by atoms with Gasteiger partial charge in [-0.1, -0.05) is 34.6 Å². The molecular formula is C11H24Cl2O. The molecule has 88 valence electrons. The molecule has 0 aliphatic heterocycles. The van der Waals surface area contributed by atoms with E-state index in [1.807, 2.05) is 13.8 Å². The molecule has 1 nitrogen and oxygen atoms in total. The minimum absolute atomic E-state index is 0.0694. The van der Waals surface area contributed by atoms with Crippen molar-refractivity contribution in [3.63, 3.8) is 0 Å². The Kier molecular flexibility index (Phi) is 12.2. The summed E-state index contributed by atoms with van der Waals surface area (Å²) in [5, 5.41) is 8.30. The molecule has 0 saturated carbocycles. The Morgan fingerprint density at radius 1 is 1.00 bits per heavy atom. The molecule has 1 N–H and O–H groups in total. The second-order valence-electron chi connectivity index (χ2n) is 4.32. The van der Waals surface area contributed by atoms with Crippen LogP contribution >= 0.6 is 23.2 Å². The number of halogens is 2. The van der Waals surface area contributed by atoms with Crippen LogP contribution in [0.4, 0.5) is 0 Å². The molecule has 2 unspecified atom stereocenters. The number of hydrogen-bond acceptors (Lipinski definition) is 1. The predicted molar refractivity (Wildman–Crippen MR) is 66.3 cm³/mol. The van der Waals surface area contributed by atoms with Gasteiger partial charge in [-0.05, 0) is 17.8 Å². The second kappa shape index (κ2) is 10.1. The lowest BCUT2D eigenvalue weighted by Crippen LogP contribution is -2.11. The zero-order chi connectivity index (χ0) is 11.7. The van der Waals surface area contributed by atoms with Crippen molar-refractivity contribution in [2.45, 2.75) is 40.0 Å². The Balaban J connectivity index is 0. The zero-order valence-electron chi connectivity index (χ0n) is 9.93. The molecule has 0 radical (unpaired) electrons. The molecule has 3 heteroatoms. The lowest BCUT2D eigenvalue weighted by atomic mass is 10.0. The molecule has 0 saturated heterocycles. The maximum absolute atomic E-state index is 8.37. The minimum atomic E-state index is -0.0694. The van der Waals surface area contributed by atoms with E-state index >= 15 is 0 Å². The van der Waals surface area contributed by atoms with Gasteiger partial charge in [0.05, 0.1) is 12.0 Å². The van der Waals surface area contributed by atoms with Gasteiger partial charge in [-0.15, -0.1) is 23.2 Å². The maximum Gasteiger partial charge on any atom is 0.0597 e. The largest absolute Gasteiger partial charge is 0.395 e. The topological polar surface area (TPSA) is 20.2 Å². The van der Waals surface area contributed by atoms with Crippen molar-refractivity contribution in [1.29, 1.82) is 0 Å². The maximum atomic E-state index is 8.37. The Morgan fingerprint density at radius 3 is 1.43 bits per heavy atom. The Morgan fingerprint density at radius 2 is 1.43 bits per heavy atom. The van der Waals surface area contributed by atoms with Crippen LogP contribution in [0.3, 0.4) is 0 Å². The molecule has 14 heavy (non-hydrogen) atoms. The first-order valence-corrected chi connectivity index (χ1v) is 6.14. The molecule has 0 aliphatic rings. The zero-order valence-corrected chi connectivity index (χ0v) is 11.4. The van der Waals surface area contributed by atoms with Crippen LogP contribution in [0.1, 0.15) is 34.6 Å². The van der Waals surface area contributed by atoms with Gasteiger partial charge in [-0.25, -0.2) is 0 Å². The predicted octanol–water partition coefficient (Wildman–Crippen LogP) is 3.76. The van der Waals surface area contributed by atoms with E-state index in [2.05, 4.69) is 20.8 Å². The fourth-order valence-electron chi connectivity index (χ4n) is 0.389. The highest BCUT2D eigenvalue weighted by Gasteiger charge is 2.05. The quantitative estimate of drug-likeness (QED) is 0.745. The van der Waals surface area contributed by atoms with Crippen molar-refractivity contribution in [2.75, 3.05) is 12.5 Å². The van der Waals surface area contributed by atoms with Crippen LogP contribution < -0.4 is 0 Å². The molecule has 0 aromatic heterocycles. The van der Waals surface area contributed by atoms with Gasteiger partial charge in [0, 0.05) is 5.88 Å². The van der Waals surface area contributed by atoms with E-state index in [-0.39, 0.29) is 12.0 Å². The monoisotopic (exact) mass is 242 g/mol. The fourth-order valence-corrected chi connectivity index (χ4v) is 0.745. The summed E-state index contributed by atoms with van der Waals surface area (Å²) in [7, 11) is 0.